The van der Waals surface area contributed by atoms with E-state index in [0.29, 0.717) is 11.7 Å². The first-order chi connectivity index (χ1) is 14.9. The van der Waals surface area contributed by atoms with Crippen molar-refractivity contribution in [1.29, 1.82) is 0 Å². The number of nitrogens with one attached hydrogen (secondary N) is 1. The van der Waals surface area contributed by atoms with E-state index < -0.39 is 10.8 Å². The molecule has 0 aliphatic heterocycles. The highest BCUT2D eigenvalue weighted by molar-refractivity contribution is 7.99. The predicted octanol–water partition coefficient (Wildman–Crippen LogP) is 4.65. The number of aryl methyl sites for hydroxylation is 2. The average molecular weight is 479 g/mol. The van der Waals surface area contributed by atoms with Crippen molar-refractivity contribution in [2.75, 3.05) is 11.1 Å². The van der Waals surface area contributed by atoms with Crippen LogP contribution in [0.15, 0.2) is 28.2 Å². The van der Waals surface area contributed by atoms with Gasteiger partial charge in [-0.15, -0.1) is 11.3 Å². The van der Waals surface area contributed by atoms with Gasteiger partial charge in [-0.1, -0.05) is 23.4 Å². The van der Waals surface area contributed by atoms with Crippen LogP contribution < -0.4 is 10.9 Å². The molecular weight excluding hydrogens is 460 g/mol. The highest BCUT2D eigenvalue weighted by atomic mass is 35.5. The first-order valence-corrected chi connectivity index (χ1v) is 12.0. The van der Waals surface area contributed by atoms with E-state index in [1.165, 1.54) is 23.1 Å². The zero-order chi connectivity index (χ0) is 22.1. The van der Waals surface area contributed by atoms with E-state index >= 15 is 0 Å². The van der Waals surface area contributed by atoms with Crippen LogP contribution >= 0.6 is 34.7 Å². The number of rotatable bonds is 6. The number of non-ortho nitro benzene ring substituents is 1. The van der Waals surface area contributed by atoms with Crippen LogP contribution in [0, 0.1) is 10.1 Å². The second kappa shape index (κ2) is 8.97. The van der Waals surface area contributed by atoms with Gasteiger partial charge in [0.25, 0.3) is 11.2 Å². The molecule has 1 amide bonds. The zero-order valence-corrected chi connectivity index (χ0v) is 19.0. The Bertz CT molecular complexity index is 1250. The van der Waals surface area contributed by atoms with Crippen LogP contribution in [0.1, 0.15) is 30.2 Å². The Labute approximate surface area is 190 Å². The molecule has 0 bridgehead atoms. The number of halogens is 1. The van der Waals surface area contributed by atoms with Crippen LogP contribution in [0.3, 0.4) is 0 Å². The first-order valence-electron chi connectivity index (χ1n) is 9.80. The van der Waals surface area contributed by atoms with Gasteiger partial charge in [-0.3, -0.25) is 24.3 Å². The molecule has 1 aromatic carbocycles. The van der Waals surface area contributed by atoms with Gasteiger partial charge in [0.15, 0.2) is 5.16 Å². The number of anilines is 1. The lowest BCUT2D eigenvalue weighted by Crippen LogP contribution is -2.24. The normalized spacial score (nSPS) is 13.2. The number of nitro benzene ring substituents is 1. The average Bonchev–Trinajstić information content (AvgIpc) is 3.12. The van der Waals surface area contributed by atoms with Crippen LogP contribution in [-0.2, 0) is 24.2 Å². The van der Waals surface area contributed by atoms with Crippen molar-refractivity contribution in [2.45, 2.75) is 44.3 Å². The molecule has 1 aliphatic carbocycles. The fourth-order valence-electron chi connectivity index (χ4n) is 3.65. The predicted molar refractivity (Wildman–Crippen MR) is 124 cm³/mol. The Hall–Kier alpha value is -2.43. The van der Waals surface area contributed by atoms with Gasteiger partial charge in [-0.2, -0.15) is 0 Å². The lowest BCUT2D eigenvalue weighted by atomic mass is 9.97. The third-order valence-corrected chi connectivity index (χ3v) is 7.61. The number of thiophene rings is 1. The fraction of sp³-hybridized carbons (Fsp3) is 0.350. The Morgan fingerprint density at radius 1 is 1.39 bits per heavy atom. The van der Waals surface area contributed by atoms with Crippen molar-refractivity contribution < 1.29 is 9.72 Å². The number of nitrogens with zero attached hydrogens (tertiary/aromatic N) is 3. The smallest absolute Gasteiger partial charge is 0.271 e. The highest BCUT2D eigenvalue weighted by Gasteiger charge is 2.22. The van der Waals surface area contributed by atoms with Gasteiger partial charge >= 0.3 is 0 Å². The summed E-state index contributed by atoms with van der Waals surface area (Å²) in [5.41, 5.74) is 1.08. The summed E-state index contributed by atoms with van der Waals surface area (Å²) in [5, 5.41) is 15.0. The molecule has 2 heterocycles. The molecule has 2 aromatic heterocycles. The summed E-state index contributed by atoms with van der Waals surface area (Å²) < 4.78 is 1.60. The second-order valence-corrected chi connectivity index (χ2v) is 9.53. The molecular formula is C20H19ClN4O4S2. The summed E-state index contributed by atoms with van der Waals surface area (Å²) in [6.45, 7) is 2.33. The van der Waals surface area contributed by atoms with Crippen molar-refractivity contribution >= 4 is 62.2 Å². The third-order valence-electron chi connectivity index (χ3n) is 5.12. The molecule has 0 saturated carbocycles. The number of hydrogen-bond donors (Lipinski definition) is 1. The molecule has 0 spiro atoms. The monoisotopic (exact) mass is 478 g/mol. The molecule has 0 fully saturated rings. The van der Waals surface area contributed by atoms with Gasteiger partial charge in [-0.25, -0.2) is 4.98 Å². The molecule has 1 aliphatic rings. The Morgan fingerprint density at radius 2 is 2.16 bits per heavy atom. The number of amides is 1. The topological polar surface area (TPSA) is 107 Å². The lowest BCUT2D eigenvalue weighted by Gasteiger charge is -2.12. The fourth-order valence-corrected chi connectivity index (χ4v) is 5.98. The molecule has 3 aromatic rings. The minimum absolute atomic E-state index is 0.0118. The zero-order valence-electron chi connectivity index (χ0n) is 16.6. The van der Waals surface area contributed by atoms with Crippen molar-refractivity contribution in [1.82, 2.24) is 9.55 Å². The summed E-state index contributed by atoms with van der Waals surface area (Å²) >= 11 is 8.78. The number of thioether (sulfide) groups is 1. The Morgan fingerprint density at radius 3 is 2.90 bits per heavy atom. The van der Waals surface area contributed by atoms with Gasteiger partial charge in [0, 0.05) is 23.6 Å². The number of carbonyl (C=O) groups excluding carboxylic acids is 1. The van der Waals surface area contributed by atoms with Gasteiger partial charge < -0.3 is 5.32 Å². The molecule has 8 nitrogen and oxygen atoms in total. The molecule has 0 atom stereocenters. The van der Waals surface area contributed by atoms with Crippen molar-refractivity contribution in [3.8, 4) is 0 Å². The summed E-state index contributed by atoms with van der Waals surface area (Å²) in [6, 6.07) is 3.85. The standard InChI is InChI=1S/C20H19ClN4O4S2/c1-2-24-19(27)17-12-5-3-4-6-15(12)31-18(17)23-20(24)30-10-16(26)22-14-9-11(25(28)29)7-8-13(14)21/h7-9H,2-6,10H2,1H3,(H,22,26). The number of aromatic nitrogens is 2. The Kier molecular flexibility index (Phi) is 6.31. The van der Waals surface area contributed by atoms with Crippen LogP contribution in [-0.4, -0.2) is 26.1 Å². The number of fused-ring (bicyclic) bond motifs is 3. The van der Waals surface area contributed by atoms with Crippen LogP contribution in [0.5, 0.6) is 0 Å². The van der Waals surface area contributed by atoms with Crippen molar-refractivity contribution in [3.63, 3.8) is 0 Å². The molecule has 0 radical (unpaired) electrons. The lowest BCUT2D eigenvalue weighted by molar-refractivity contribution is -0.384. The molecule has 0 saturated heterocycles. The molecule has 1 N–H and O–H groups in total. The number of benzene rings is 1. The molecule has 31 heavy (non-hydrogen) atoms. The molecule has 0 unspecified atom stereocenters. The highest BCUT2D eigenvalue weighted by Crippen LogP contribution is 2.35. The largest absolute Gasteiger partial charge is 0.324 e. The third kappa shape index (κ3) is 4.32. The van der Waals surface area contributed by atoms with Gasteiger partial charge in [0.05, 0.1) is 26.8 Å². The van der Waals surface area contributed by atoms with E-state index in [2.05, 4.69) is 5.32 Å². The van der Waals surface area contributed by atoms with E-state index in [1.807, 2.05) is 6.92 Å². The molecule has 4 rings (SSSR count). The van der Waals surface area contributed by atoms with E-state index in [0.717, 1.165) is 53.2 Å². The summed E-state index contributed by atoms with van der Waals surface area (Å²) in [5.74, 6) is -0.405. The van der Waals surface area contributed by atoms with Gasteiger partial charge in [-0.05, 0) is 44.2 Å². The molecule has 162 valence electrons. The Balaban J connectivity index is 1.56. The summed E-state index contributed by atoms with van der Waals surface area (Å²) in [6.07, 6.45) is 4.11. The van der Waals surface area contributed by atoms with Gasteiger partial charge in [0.2, 0.25) is 5.91 Å². The van der Waals surface area contributed by atoms with E-state index in [9.17, 15) is 19.7 Å². The maximum absolute atomic E-state index is 13.1. The van der Waals surface area contributed by atoms with Crippen LogP contribution in [0.25, 0.3) is 10.2 Å². The SMILES string of the molecule is CCn1c(SCC(=O)Nc2cc([N+](=O)[O-])ccc2Cl)nc2sc3c(c2c1=O)CCCC3. The van der Waals surface area contributed by atoms with Crippen molar-refractivity contribution in [3.05, 3.63) is 54.1 Å². The first kappa shape index (κ1) is 21.8. The number of nitro groups is 1. The van der Waals surface area contributed by atoms with Crippen LogP contribution in [0.4, 0.5) is 11.4 Å². The molecule has 11 heteroatoms. The van der Waals surface area contributed by atoms with E-state index in [4.69, 9.17) is 16.6 Å². The van der Waals surface area contributed by atoms with Crippen molar-refractivity contribution in [2.24, 2.45) is 0 Å². The van der Waals surface area contributed by atoms with Gasteiger partial charge in [0.1, 0.15) is 4.83 Å². The number of hydrogen-bond acceptors (Lipinski definition) is 7. The minimum Gasteiger partial charge on any atom is -0.324 e. The maximum Gasteiger partial charge on any atom is 0.271 e. The summed E-state index contributed by atoms with van der Waals surface area (Å²) in [4.78, 5) is 42.6. The van der Waals surface area contributed by atoms with Crippen LogP contribution in [0.2, 0.25) is 5.02 Å². The quantitative estimate of drug-likeness (QED) is 0.239. The maximum atomic E-state index is 13.1. The second-order valence-electron chi connectivity index (χ2n) is 7.09. The summed E-state index contributed by atoms with van der Waals surface area (Å²) in [7, 11) is 0. The van der Waals surface area contributed by atoms with E-state index in [1.54, 1.807) is 15.9 Å². The number of carbonyl (C=O) groups is 1. The minimum atomic E-state index is -0.555. The van der Waals surface area contributed by atoms with E-state index in [-0.39, 0.29) is 27.7 Å².